The molecule has 1 fully saturated rings. The van der Waals surface area contributed by atoms with Gasteiger partial charge in [-0.2, -0.15) is 0 Å². The maximum Gasteiger partial charge on any atom is 0.261 e. The molecule has 0 N–H and O–H groups in total. The lowest BCUT2D eigenvalue weighted by Crippen LogP contribution is -2.62. The van der Waals surface area contributed by atoms with Crippen LogP contribution in [0.5, 0.6) is 0 Å². The molecular weight excluding hydrogens is 368 g/mol. The van der Waals surface area contributed by atoms with E-state index in [1.165, 1.54) is 4.90 Å². The Labute approximate surface area is 149 Å². The van der Waals surface area contributed by atoms with Crippen LogP contribution in [0.4, 0.5) is 0 Å². The van der Waals surface area contributed by atoms with Crippen molar-refractivity contribution in [2.75, 3.05) is 18.4 Å². The van der Waals surface area contributed by atoms with Gasteiger partial charge in [0.2, 0.25) is 0 Å². The summed E-state index contributed by atoms with van der Waals surface area (Å²) in [6.07, 6.45) is 0. The van der Waals surface area contributed by atoms with Gasteiger partial charge in [0.15, 0.2) is 0 Å². The first kappa shape index (κ1) is 15.5. The third-order valence-corrected chi connectivity index (χ3v) is 5.20. The number of alkyl halides is 1. The molecule has 0 aliphatic carbocycles. The van der Waals surface area contributed by atoms with Gasteiger partial charge in [0.25, 0.3) is 11.8 Å². The van der Waals surface area contributed by atoms with Crippen molar-refractivity contribution < 1.29 is 9.59 Å². The van der Waals surface area contributed by atoms with E-state index in [0.717, 1.165) is 24.0 Å². The van der Waals surface area contributed by atoms with E-state index >= 15 is 0 Å². The number of hydrogen-bond acceptors (Lipinski definition) is 3. The minimum Gasteiger partial charge on any atom is -0.291 e. The summed E-state index contributed by atoms with van der Waals surface area (Å²) >= 11 is 3.49. The summed E-state index contributed by atoms with van der Waals surface area (Å²) in [6.45, 7) is 1.61. The van der Waals surface area contributed by atoms with Gasteiger partial charge in [-0.15, -0.1) is 0 Å². The van der Waals surface area contributed by atoms with Gasteiger partial charge < -0.3 is 0 Å². The number of halogens is 1. The average Bonchev–Trinajstić information content (AvgIpc) is 2.84. The zero-order chi connectivity index (χ0) is 16.7. The van der Waals surface area contributed by atoms with Gasteiger partial charge in [-0.3, -0.25) is 19.4 Å². The van der Waals surface area contributed by atoms with Crippen molar-refractivity contribution in [2.24, 2.45) is 0 Å². The molecule has 2 amide bonds. The molecule has 4 nitrogen and oxygen atoms in total. The predicted molar refractivity (Wildman–Crippen MR) is 95.3 cm³/mol. The lowest BCUT2D eigenvalue weighted by molar-refractivity contribution is -0.00992. The van der Waals surface area contributed by atoms with E-state index < -0.39 is 0 Å². The molecule has 2 aliphatic rings. The van der Waals surface area contributed by atoms with Gasteiger partial charge in [0.05, 0.1) is 23.2 Å². The lowest BCUT2D eigenvalue weighted by Gasteiger charge is -2.51. The van der Waals surface area contributed by atoms with Crippen LogP contribution in [0.15, 0.2) is 54.6 Å². The van der Waals surface area contributed by atoms with E-state index in [1.807, 2.05) is 18.2 Å². The highest BCUT2D eigenvalue weighted by molar-refractivity contribution is 9.09. The fourth-order valence-corrected chi connectivity index (χ4v) is 4.17. The summed E-state index contributed by atoms with van der Waals surface area (Å²) in [6, 6.07) is 17.1. The average molecular weight is 385 g/mol. The van der Waals surface area contributed by atoms with Crippen LogP contribution in [0, 0.1) is 0 Å². The number of benzene rings is 2. The number of likely N-dealkylation sites (tertiary alicyclic amines) is 1. The molecule has 4 rings (SSSR count). The summed E-state index contributed by atoms with van der Waals surface area (Å²) in [7, 11) is 0. The molecule has 2 aromatic rings. The molecule has 0 radical (unpaired) electrons. The maximum atomic E-state index is 12.8. The highest BCUT2D eigenvalue weighted by Gasteiger charge is 2.50. The molecule has 0 aromatic heterocycles. The molecule has 2 atom stereocenters. The fourth-order valence-electron chi connectivity index (χ4n) is 3.71. The van der Waals surface area contributed by atoms with Crippen LogP contribution >= 0.6 is 15.9 Å². The SMILES string of the molecule is O=C1c2ccccc2C(=O)N1[C@@H]1CN(CCBr)[C@@H]1c1ccccc1. The summed E-state index contributed by atoms with van der Waals surface area (Å²) in [5.41, 5.74) is 2.19. The summed E-state index contributed by atoms with van der Waals surface area (Å²) < 4.78 is 0. The van der Waals surface area contributed by atoms with E-state index in [9.17, 15) is 9.59 Å². The second kappa shape index (κ2) is 6.15. The molecule has 5 heteroatoms. The van der Waals surface area contributed by atoms with E-state index in [0.29, 0.717) is 11.1 Å². The van der Waals surface area contributed by atoms with Crippen LogP contribution in [0.25, 0.3) is 0 Å². The molecule has 2 aliphatic heterocycles. The molecule has 0 spiro atoms. The van der Waals surface area contributed by atoms with Crippen LogP contribution in [0.3, 0.4) is 0 Å². The molecule has 1 saturated heterocycles. The van der Waals surface area contributed by atoms with Gasteiger partial charge in [0.1, 0.15) is 0 Å². The fraction of sp³-hybridized carbons (Fsp3) is 0.263. The largest absolute Gasteiger partial charge is 0.291 e. The first-order valence-electron chi connectivity index (χ1n) is 8.04. The highest BCUT2D eigenvalue weighted by atomic mass is 79.9. The van der Waals surface area contributed by atoms with Crippen LogP contribution in [0.1, 0.15) is 32.3 Å². The van der Waals surface area contributed by atoms with Crippen molar-refractivity contribution in [3.8, 4) is 0 Å². The molecule has 2 heterocycles. The minimum absolute atomic E-state index is 0.0611. The van der Waals surface area contributed by atoms with Gasteiger partial charge in [-0.05, 0) is 17.7 Å². The van der Waals surface area contributed by atoms with E-state index in [-0.39, 0.29) is 23.9 Å². The first-order valence-corrected chi connectivity index (χ1v) is 9.16. The highest BCUT2D eigenvalue weighted by Crippen LogP contribution is 2.40. The molecule has 24 heavy (non-hydrogen) atoms. The third-order valence-electron chi connectivity index (χ3n) is 4.85. The Balaban J connectivity index is 1.67. The Morgan fingerprint density at radius 1 is 0.917 bits per heavy atom. The van der Waals surface area contributed by atoms with Crippen molar-refractivity contribution in [3.63, 3.8) is 0 Å². The van der Waals surface area contributed by atoms with Crippen molar-refractivity contribution in [1.82, 2.24) is 9.80 Å². The number of hydrogen-bond donors (Lipinski definition) is 0. The van der Waals surface area contributed by atoms with Gasteiger partial charge >= 0.3 is 0 Å². The summed E-state index contributed by atoms with van der Waals surface area (Å²) in [4.78, 5) is 29.3. The topological polar surface area (TPSA) is 40.6 Å². The number of amides is 2. The van der Waals surface area contributed by atoms with E-state index in [4.69, 9.17) is 0 Å². The van der Waals surface area contributed by atoms with Crippen molar-refractivity contribution in [3.05, 3.63) is 71.3 Å². The molecule has 122 valence electrons. The standard InChI is InChI=1S/C19H17BrN2O2/c20-10-11-21-12-16(17(21)13-6-2-1-3-7-13)22-18(23)14-8-4-5-9-15(14)19(22)24/h1-9,16-17H,10-12H2/t16-,17-/m1/s1. The quantitative estimate of drug-likeness (QED) is 0.600. The smallest absolute Gasteiger partial charge is 0.261 e. The number of rotatable bonds is 4. The van der Waals surface area contributed by atoms with Gasteiger partial charge in [-0.1, -0.05) is 58.4 Å². The second-order valence-corrected chi connectivity index (χ2v) is 6.93. The van der Waals surface area contributed by atoms with Crippen molar-refractivity contribution >= 4 is 27.7 Å². The van der Waals surface area contributed by atoms with Crippen molar-refractivity contribution in [1.29, 1.82) is 0 Å². The lowest BCUT2D eigenvalue weighted by atomic mass is 9.88. The predicted octanol–water partition coefficient (Wildman–Crippen LogP) is 3.10. The zero-order valence-electron chi connectivity index (χ0n) is 13.1. The molecule has 0 saturated carbocycles. The third kappa shape index (κ3) is 2.31. The Morgan fingerprint density at radius 2 is 1.50 bits per heavy atom. The summed E-state index contributed by atoms with van der Waals surface area (Å²) in [5.74, 6) is -0.333. The monoisotopic (exact) mass is 384 g/mol. The van der Waals surface area contributed by atoms with E-state index in [2.05, 4.69) is 33.0 Å². The number of fused-ring (bicyclic) bond motifs is 1. The summed E-state index contributed by atoms with van der Waals surface area (Å²) in [5, 5.41) is 0.866. The number of carbonyl (C=O) groups is 2. The van der Waals surface area contributed by atoms with Gasteiger partial charge in [-0.25, -0.2) is 0 Å². The molecule has 2 aromatic carbocycles. The van der Waals surface area contributed by atoms with Crippen LogP contribution in [0.2, 0.25) is 0 Å². The van der Waals surface area contributed by atoms with Gasteiger partial charge in [0, 0.05) is 18.4 Å². The molecular formula is C19H17BrN2O2. The maximum absolute atomic E-state index is 12.8. The Bertz CT molecular complexity index is 758. The second-order valence-electron chi connectivity index (χ2n) is 6.13. The number of imide groups is 1. The normalized spacial score (nSPS) is 23.3. The first-order chi connectivity index (χ1) is 11.7. The van der Waals surface area contributed by atoms with Crippen LogP contribution < -0.4 is 0 Å². The molecule has 0 unspecified atom stereocenters. The number of nitrogens with zero attached hydrogens (tertiary/aromatic N) is 2. The minimum atomic E-state index is -0.167. The molecule has 0 bridgehead atoms. The number of carbonyl (C=O) groups excluding carboxylic acids is 2. The van der Waals surface area contributed by atoms with Crippen LogP contribution in [-0.2, 0) is 0 Å². The van der Waals surface area contributed by atoms with E-state index in [1.54, 1.807) is 24.3 Å². The van der Waals surface area contributed by atoms with Crippen molar-refractivity contribution in [2.45, 2.75) is 12.1 Å². The Morgan fingerprint density at radius 3 is 2.08 bits per heavy atom. The van der Waals surface area contributed by atoms with Crippen LogP contribution in [-0.4, -0.2) is 46.1 Å². The zero-order valence-corrected chi connectivity index (χ0v) is 14.6. The Kier molecular flexibility index (Phi) is 3.98. The Hall–Kier alpha value is -1.98.